The number of nitrogens with one attached hydrogen (secondary N) is 1. The van der Waals surface area contributed by atoms with E-state index in [-0.39, 0.29) is 0 Å². The molecule has 1 N–H and O–H groups in total. The predicted octanol–water partition coefficient (Wildman–Crippen LogP) is 3.21. The summed E-state index contributed by atoms with van der Waals surface area (Å²) in [6.45, 7) is 5.15. The largest absolute Gasteiger partial charge is 0.306 e. The van der Waals surface area contributed by atoms with Crippen LogP contribution in [0.15, 0.2) is 23.0 Å². The lowest BCUT2D eigenvalue weighted by molar-refractivity contribution is 0.640. The van der Waals surface area contributed by atoms with Crippen molar-refractivity contribution in [3.63, 3.8) is 0 Å². The third-order valence-electron chi connectivity index (χ3n) is 2.21. The lowest BCUT2D eigenvalue weighted by Gasteiger charge is -2.14. The molecule has 2 nitrogen and oxygen atoms in total. The summed E-state index contributed by atoms with van der Waals surface area (Å²) in [5.41, 5.74) is 1.34. The first-order valence-corrected chi connectivity index (χ1v) is 6.75. The molecule has 0 aliphatic carbocycles. The van der Waals surface area contributed by atoms with Crippen molar-refractivity contribution < 1.29 is 0 Å². The molecule has 0 saturated carbocycles. The van der Waals surface area contributed by atoms with Gasteiger partial charge in [0.15, 0.2) is 0 Å². The second-order valence-corrected chi connectivity index (χ2v) is 5.38. The van der Waals surface area contributed by atoms with Crippen LogP contribution < -0.4 is 5.32 Å². The molecule has 2 aromatic heterocycles. The van der Waals surface area contributed by atoms with Gasteiger partial charge in [-0.3, -0.25) is 0 Å². The fraction of sp³-hybridized carbons (Fsp3) is 0.364. The van der Waals surface area contributed by atoms with Gasteiger partial charge in [-0.15, -0.1) is 11.3 Å². The SMILES string of the molecule is CCNC(c1ccsc1)c1cnc(C)s1. The zero-order valence-electron chi connectivity index (χ0n) is 8.86. The third-order valence-corrected chi connectivity index (χ3v) is 3.89. The van der Waals surface area contributed by atoms with Gasteiger partial charge in [-0.1, -0.05) is 6.92 Å². The van der Waals surface area contributed by atoms with Crippen LogP contribution in [0.25, 0.3) is 0 Å². The second-order valence-electron chi connectivity index (χ2n) is 3.33. The van der Waals surface area contributed by atoms with Crippen molar-refractivity contribution in [2.24, 2.45) is 0 Å². The smallest absolute Gasteiger partial charge is 0.0897 e. The molecule has 4 heteroatoms. The van der Waals surface area contributed by atoms with E-state index in [0.29, 0.717) is 6.04 Å². The van der Waals surface area contributed by atoms with E-state index in [1.54, 1.807) is 22.7 Å². The molecular formula is C11H14N2S2. The molecule has 2 rings (SSSR count). The van der Waals surface area contributed by atoms with Crippen molar-refractivity contribution in [1.29, 1.82) is 0 Å². The number of hydrogen-bond donors (Lipinski definition) is 1. The highest BCUT2D eigenvalue weighted by Crippen LogP contribution is 2.27. The number of thiazole rings is 1. The van der Waals surface area contributed by atoms with Crippen LogP contribution in [0.2, 0.25) is 0 Å². The van der Waals surface area contributed by atoms with Gasteiger partial charge < -0.3 is 5.32 Å². The molecule has 2 heterocycles. The molecule has 0 aromatic carbocycles. The Labute approximate surface area is 98.0 Å². The van der Waals surface area contributed by atoms with E-state index in [0.717, 1.165) is 11.6 Å². The lowest BCUT2D eigenvalue weighted by Crippen LogP contribution is -2.20. The molecular weight excluding hydrogens is 224 g/mol. The van der Waals surface area contributed by atoms with Gasteiger partial charge in [-0.2, -0.15) is 11.3 Å². The maximum atomic E-state index is 4.31. The molecule has 80 valence electrons. The fourth-order valence-electron chi connectivity index (χ4n) is 1.54. The lowest BCUT2D eigenvalue weighted by atomic mass is 10.1. The van der Waals surface area contributed by atoms with E-state index in [1.807, 2.05) is 13.1 Å². The van der Waals surface area contributed by atoms with Gasteiger partial charge in [0.2, 0.25) is 0 Å². The van der Waals surface area contributed by atoms with E-state index >= 15 is 0 Å². The normalized spacial score (nSPS) is 12.9. The fourth-order valence-corrected chi connectivity index (χ4v) is 3.11. The first kappa shape index (κ1) is 10.8. The molecule has 0 radical (unpaired) electrons. The van der Waals surface area contributed by atoms with E-state index in [9.17, 15) is 0 Å². The molecule has 1 unspecified atom stereocenters. The molecule has 0 aliphatic heterocycles. The zero-order valence-corrected chi connectivity index (χ0v) is 10.5. The van der Waals surface area contributed by atoms with E-state index < -0.39 is 0 Å². The minimum atomic E-state index is 0.312. The summed E-state index contributed by atoms with van der Waals surface area (Å²) in [5.74, 6) is 0. The van der Waals surface area contributed by atoms with Crippen molar-refractivity contribution in [2.45, 2.75) is 19.9 Å². The summed E-state index contributed by atoms with van der Waals surface area (Å²) >= 11 is 3.50. The number of thiophene rings is 1. The van der Waals surface area contributed by atoms with Gasteiger partial charge >= 0.3 is 0 Å². The Morgan fingerprint density at radius 3 is 2.93 bits per heavy atom. The van der Waals surface area contributed by atoms with Gasteiger partial charge in [-0.25, -0.2) is 4.98 Å². The van der Waals surface area contributed by atoms with E-state index in [4.69, 9.17) is 0 Å². The first-order chi connectivity index (χ1) is 7.31. The Kier molecular flexibility index (Phi) is 3.51. The average molecular weight is 238 g/mol. The monoisotopic (exact) mass is 238 g/mol. The van der Waals surface area contributed by atoms with Crippen molar-refractivity contribution in [3.8, 4) is 0 Å². The van der Waals surface area contributed by atoms with E-state index in [2.05, 4.69) is 34.1 Å². The summed E-state index contributed by atoms with van der Waals surface area (Å²) in [4.78, 5) is 5.61. The number of rotatable bonds is 4. The predicted molar refractivity (Wildman–Crippen MR) is 66.7 cm³/mol. The second kappa shape index (κ2) is 4.88. The van der Waals surface area contributed by atoms with Crippen LogP contribution >= 0.6 is 22.7 Å². The standard InChI is InChI=1S/C11H14N2S2/c1-3-12-11(9-4-5-14-7-9)10-6-13-8(2)15-10/h4-7,11-12H,3H2,1-2H3. The van der Waals surface area contributed by atoms with Crippen LogP contribution in [0.1, 0.15) is 28.4 Å². The zero-order chi connectivity index (χ0) is 10.7. The average Bonchev–Trinajstić information content (AvgIpc) is 2.85. The topological polar surface area (TPSA) is 24.9 Å². The van der Waals surface area contributed by atoms with Gasteiger partial charge in [0.25, 0.3) is 0 Å². The van der Waals surface area contributed by atoms with E-state index in [1.165, 1.54) is 10.4 Å². The van der Waals surface area contributed by atoms with Gasteiger partial charge in [0, 0.05) is 11.1 Å². The Morgan fingerprint density at radius 1 is 1.53 bits per heavy atom. The minimum absolute atomic E-state index is 0.312. The summed E-state index contributed by atoms with van der Waals surface area (Å²) < 4.78 is 0. The molecule has 0 fully saturated rings. The van der Waals surface area contributed by atoms with Gasteiger partial charge in [0.1, 0.15) is 0 Å². The molecule has 0 saturated heterocycles. The van der Waals surface area contributed by atoms with Crippen LogP contribution in [0.3, 0.4) is 0 Å². The minimum Gasteiger partial charge on any atom is -0.306 e. The molecule has 0 aliphatic rings. The molecule has 15 heavy (non-hydrogen) atoms. The van der Waals surface area contributed by atoms with Crippen LogP contribution in [-0.4, -0.2) is 11.5 Å². The summed E-state index contributed by atoms with van der Waals surface area (Å²) in [6.07, 6.45) is 1.98. The number of aromatic nitrogens is 1. The Balaban J connectivity index is 2.27. The van der Waals surface area contributed by atoms with Crippen molar-refractivity contribution in [1.82, 2.24) is 10.3 Å². The number of aryl methyl sites for hydroxylation is 1. The first-order valence-electron chi connectivity index (χ1n) is 4.99. The highest BCUT2D eigenvalue weighted by atomic mass is 32.1. The van der Waals surface area contributed by atoms with Crippen molar-refractivity contribution in [3.05, 3.63) is 38.5 Å². The van der Waals surface area contributed by atoms with Gasteiger partial charge in [-0.05, 0) is 35.9 Å². The summed E-state index contributed by atoms with van der Waals surface area (Å²) in [7, 11) is 0. The molecule has 0 bridgehead atoms. The molecule has 0 spiro atoms. The van der Waals surface area contributed by atoms with Crippen molar-refractivity contribution in [2.75, 3.05) is 6.54 Å². The maximum absolute atomic E-state index is 4.31. The molecule has 1 atom stereocenters. The number of nitrogens with zero attached hydrogens (tertiary/aromatic N) is 1. The van der Waals surface area contributed by atoms with Crippen LogP contribution in [0.4, 0.5) is 0 Å². The Hall–Kier alpha value is -0.710. The van der Waals surface area contributed by atoms with Crippen LogP contribution in [0, 0.1) is 6.92 Å². The Bertz CT molecular complexity index is 406. The van der Waals surface area contributed by atoms with Crippen LogP contribution in [-0.2, 0) is 0 Å². The highest BCUT2D eigenvalue weighted by Gasteiger charge is 2.15. The quantitative estimate of drug-likeness (QED) is 0.884. The van der Waals surface area contributed by atoms with Gasteiger partial charge in [0.05, 0.1) is 11.0 Å². The Morgan fingerprint density at radius 2 is 2.40 bits per heavy atom. The van der Waals surface area contributed by atoms with Crippen molar-refractivity contribution >= 4 is 22.7 Å². The third kappa shape index (κ3) is 2.45. The maximum Gasteiger partial charge on any atom is 0.0897 e. The molecule has 2 aromatic rings. The summed E-state index contributed by atoms with van der Waals surface area (Å²) in [5, 5.41) is 8.94. The highest BCUT2D eigenvalue weighted by molar-refractivity contribution is 7.11. The van der Waals surface area contributed by atoms with Crippen LogP contribution in [0.5, 0.6) is 0 Å². The summed E-state index contributed by atoms with van der Waals surface area (Å²) in [6, 6.07) is 2.49. The molecule has 0 amide bonds. The number of hydrogen-bond acceptors (Lipinski definition) is 4.